The number of aryl methyl sites for hydroxylation is 1. The Hall–Kier alpha value is -1.00. The van der Waals surface area contributed by atoms with Crippen molar-refractivity contribution >= 4 is 17.5 Å². The number of carbonyl (C=O) groups is 1. The van der Waals surface area contributed by atoms with E-state index in [1.807, 2.05) is 25.1 Å². The summed E-state index contributed by atoms with van der Waals surface area (Å²) in [5.41, 5.74) is 1.79. The number of Topliss-reactive ketones (excluding diaryl/α,β-unsaturated/α-hetero) is 1. The molecule has 1 aromatic rings. The Bertz CT molecular complexity index is 439. The molecule has 1 heterocycles. The Morgan fingerprint density at radius 2 is 2.16 bits per heavy atom. The van der Waals surface area contributed by atoms with Crippen molar-refractivity contribution in [2.24, 2.45) is 0 Å². The molecule has 0 atom stereocenters. The van der Waals surface area contributed by atoms with E-state index in [0.29, 0.717) is 22.3 Å². The van der Waals surface area contributed by atoms with Crippen LogP contribution in [0.15, 0.2) is 18.2 Å². The molecule has 1 aliphatic rings. The molecule has 3 nitrogen and oxygen atoms in total. The first kappa shape index (κ1) is 14.4. The van der Waals surface area contributed by atoms with E-state index in [0.717, 1.165) is 31.6 Å². The van der Waals surface area contributed by atoms with Crippen LogP contribution in [0.2, 0.25) is 0 Å². The molecule has 0 spiro atoms. The van der Waals surface area contributed by atoms with E-state index in [9.17, 15) is 4.79 Å². The van der Waals surface area contributed by atoms with Crippen molar-refractivity contribution in [1.82, 2.24) is 0 Å². The maximum atomic E-state index is 12.2. The SMILES string of the molecule is COc1cc(C)ccc1C(=O)CSC1CCOCC1. The predicted octanol–water partition coefficient (Wildman–Crippen LogP) is 3.10. The lowest BCUT2D eigenvalue weighted by molar-refractivity contribution is 0.0987. The number of ether oxygens (including phenoxy) is 2. The third-order valence-electron chi connectivity index (χ3n) is 3.28. The normalized spacial score (nSPS) is 16.3. The number of ketones is 1. The van der Waals surface area contributed by atoms with Crippen molar-refractivity contribution in [1.29, 1.82) is 0 Å². The van der Waals surface area contributed by atoms with E-state index in [-0.39, 0.29) is 5.78 Å². The summed E-state index contributed by atoms with van der Waals surface area (Å²) in [6.45, 7) is 3.63. The molecule has 2 rings (SSSR count). The molecule has 1 saturated heterocycles. The third kappa shape index (κ3) is 3.98. The second-order valence-corrected chi connectivity index (χ2v) is 6.04. The van der Waals surface area contributed by atoms with Crippen LogP contribution in [-0.4, -0.2) is 37.1 Å². The van der Waals surface area contributed by atoms with Crippen LogP contribution in [0.5, 0.6) is 5.75 Å². The molecule has 1 aromatic carbocycles. The van der Waals surface area contributed by atoms with E-state index in [2.05, 4.69) is 0 Å². The number of benzene rings is 1. The number of methoxy groups -OCH3 is 1. The van der Waals surface area contributed by atoms with Crippen LogP contribution in [0.3, 0.4) is 0 Å². The minimum absolute atomic E-state index is 0.147. The van der Waals surface area contributed by atoms with Crippen LogP contribution in [-0.2, 0) is 4.74 Å². The number of hydrogen-bond donors (Lipinski definition) is 0. The van der Waals surface area contributed by atoms with E-state index in [1.54, 1.807) is 18.9 Å². The first-order valence-corrected chi connectivity index (χ1v) is 7.63. The number of rotatable bonds is 5. The Morgan fingerprint density at radius 3 is 2.84 bits per heavy atom. The zero-order valence-corrected chi connectivity index (χ0v) is 12.3. The van der Waals surface area contributed by atoms with Crippen molar-refractivity contribution in [3.63, 3.8) is 0 Å². The fourth-order valence-electron chi connectivity index (χ4n) is 2.14. The van der Waals surface area contributed by atoms with Gasteiger partial charge >= 0.3 is 0 Å². The number of hydrogen-bond acceptors (Lipinski definition) is 4. The van der Waals surface area contributed by atoms with E-state index < -0.39 is 0 Å². The first-order valence-electron chi connectivity index (χ1n) is 6.58. The average Bonchev–Trinajstić information content (AvgIpc) is 2.45. The summed E-state index contributed by atoms with van der Waals surface area (Å²) < 4.78 is 10.6. The van der Waals surface area contributed by atoms with Gasteiger partial charge in [-0.25, -0.2) is 0 Å². The molecule has 0 unspecified atom stereocenters. The van der Waals surface area contributed by atoms with Crippen LogP contribution in [0.4, 0.5) is 0 Å². The average molecular weight is 280 g/mol. The van der Waals surface area contributed by atoms with Crippen LogP contribution in [0, 0.1) is 6.92 Å². The highest BCUT2D eigenvalue weighted by Gasteiger charge is 2.18. The van der Waals surface area contributed by atoms with Crippen molar-refractivity contribution in [2.45, 2.75) is 25.0 Å². The van der Waals surface area contributed by atoms with Gasteiger partial charge in [-0.3, -0.25) is 4.79 Å². The molecule has 19 heavy (non-hydrogen) atoms. The molecule has 0 bridgehead atoms. The lowest BCUT2D eigenvalue weighted by Crippen LogP contribution is -2.19. The van der Waals surface area contributed by atoms with Crippen molar-refractivity contribution < 1.29 is 14.3 Å². The Balaban J connectivity index is 1.95. The summed E-state index contributed by atoms with van der Waals surface area (Å²) in [4.78, 5) is 12.2. The summed E-state index contributed by atoms with van der Waals surface area (Å²) >= 11 is 1.74. The lowest BCUT2D eigenvalue weighted by Gasteiger charge is -2.21. The molecule has 0 aliphatic carbocycles. The smallest absolute Gasteiger partial charge is 0.176 e. The first-order chi connectivity index (χ1) is 9.20. The van der Waals surface area contributed by atoms with Gasteiger partial charge < -0.3 is 9.47 Å². The highest BCUT2D eigenvalue weighted by molar-refractivity contribution is 8.00. The van der Waals surface area contributed by atoms with Gasteiger partial charge in [-0.2, -0.15) is 11.8 Å². The largest absolute Gasteiger partial charge is 0.496 e. The maximum Gasteiger partial charge on any atom is 0.176 e. The van der Waals surface area contributed by atoms with Crippen molar-refractivity contribution in [3.8, 4) is 5.75 Å². The molecular weight excluding hydrogens is 260 g/mol. The Kier molecular flexibility index (Phi) is 5.28. The van der Waals surface area contributed by atoms with Crippen LogP contribution in [0.1, 0.15) is 28.8 Å². The zero-order chi connectivity index (χ0) is 13.7. The molecule has 4 heteroatoms. The van der Waals surface area contributed by atoms with Gasteiger partial charge in [-0.1, -0.05) is 6.07 Å². The molecule has 0 aromatic heterocycles. The predicted molar refractivity (Wildman–Crippen MR) is 78.4 cm³/mol. The standard InChI is InChI=1S/C15H20O3S/c1-11-3-4-13(15(9-11)17-2)14(16)10-19-12-5-7-18-8-6-12/h3-4,9,12H,5-8,10H2,1-2H3. The monoisotopic (exact) mass is 280 g/mol. The molecular formula is C15H20O3S. The van der Waals surface area contributed by atoms with Crippen LogP contribution >= 0.6 is 11.8 Å². The van der Waals surface area contributed by atoms with E-state index >= 15 is 0 Å². The minimum atomic E-state index is 0.147. The molecule has 0 saturated carbocycles. The summed E-state index contributed by atoms with van der Waals surface area (Å²) in [5.74, 6) is 1.34. The van der Waals surface area contributed by atoms with Gasteiger partial charge in [-0.05, 0) is 37.5 Å². The van der Waals surface area contributed by atoms with Gasteiger partial charge in [-0.15, -0.1) is 0 Å². The van der Waals surface area contributed by atoms with E-state index in [1.165, 1.54) is 0 Å². The van der Waals surface area contributed by atoms with Gasteiger partial charge in [0.2, 0.25) is 0 Å². The van der Waals surface area contributed by atoms with Crippen molar-refractivity contribution in [3.05, 3.63) is 29.3 Å². The Labute approximate surface area is 118 Å². The number of thioether (sulfide) groups is 1. The van der Waals surface area contributed by atoms with Crippen molar-refractivity contribution in [2.75, 3.05) is 26.1 Å². The highest BCUT2D eigenvalue weighted by Crippen LogP contribution is 2.26. The van der Waals surface area contributed by atoms with Gasteiger partial charge in [0, 0.05) is 18.5 Å². The Morgan fingerprint density at radius 1 is 1.42 bits per heavy atom. The summed E-state index contributed by atoms with van der Waals surface area (Å²) in [6, 6.07) is 5.72. The molecule has 0 amide bonds. The topological polar surface area (TPSA) is 35.5 Å². The highest BCUT2D eigenvalue weighted by atomic mass is 32.2. The second kappa shape index (κ2) is 6.96. The summed E-state index contributed by atoms with van der Waals surface area (Å²) in [5, 5.41) is 0.550. The zero-order valence-electron chi connectivity index (χ0n) is 11.5. The molecule has 104 valence electrons. The molecule has 1 aliphatic heterocycles. The maximum absolute atomic E-state index is 12.2. The van der Waals surface area contributed by atoms with Gasteiger partial charge in [0.25, 0.3) is 0 Å². The van der Waals surface area contributed by atoms with Gasteiger partial charge in [0.15, 0.2) is 5.78 Å². The fraction of sp³-hybridized carbons (Fsp3) is 0.533. The van der Waals surface area contributed by atoms with Gasteiger partial charge in [0.1, 0.15) is 5.75 Å². The summed E-state index contributed by atoms with van der Waals surface area (Å²) in [6.07, 6.45) is 2.09. The fourth-order valence-corrected chi connectivity index (χ4v) is 3.21. The van der Waals surface area contributed by atoms with Gasteiger partial charge in [0.05, 0.1) is 18.4 Å². The molecule has 0 radical (unpaired) electrons. The third-order valence-corrected chi connectivity index (χ3v) is 4.65. The van der Waals surface area contributed by atoms with Crippen LogP contribution in [0.25, 0.3) is 0 Å². The van der Waals surface area contributed by atoms with Crippen LogP contribution < -0.4 is 4.74 Å². The number of carbonyl (C=O) groups excluding carboxylic acids is 1. The lowest BCUT2D eigenvalue weighted by atomic mass is 10.1. The molecule has 1 fully saturated rings. The summed E-state index contributed by atoms with van der Waals surface area (Å²) in [7, 11) is 1.61. The van der Waals surface area contributed by atoms with E-state index in [4.69, 9.17) is 9.47 Å². The minimum Gasteiger partial charge on any atom is -0.496 e. The second-order valence-electron chi connectivity index (χ2n) is 4.75. The quantitative estimate of drug-likeness (QED) is 0.776. The molecule has 0 N–H and O–H groups in total.